The van der Waals surface area contributed by atoms with Crippen molar-refractivity contribution in [3.8, 4) is 0 Å². The van der Waals surface area contributed by atoms with E-state index in [0.717, 1.165) is 18.5 Å². The summed E-state index contributed by atoms with van der Waals surface area (Å²) in [6.45, 7) is 11.5. The molecule has 0 aliphatic heterocycles. The van der Waals surface area contributed by atoms with Crippen molar-refractivity contribution in [3.05, 3.63) is 34.9 Å². The molecule has 0 fully saturated rings. The fourth-order valence-corrected chi connectivity index (χ4v) is 1.71. The highest BCUT2D eigenvalue weighted by Gasteiger charge is 2.19. The van der Waals surface area contributed by atoms with Gasteiger partial charge in [0.25, 0.3) is 0 Å². The highest BCUT2D eigenvalue weighted by Crippen LogP contribution is 2.12. The number of rotatable bonds is 6. The maximum atomic E-state index is 12.0. The molecule has 1 N–H and O–H groups in total. The lowest BCUT2D eigenvalue weighted by Gasteiger charge is -2.25. The van der Waals surface area contributed by atoms with E-state index in [0.29, 0.717) is 12.2 Å². The molecule has 0 heterocycles. The van der Waals surface area contributed by atoms with Crippen molar-refractivity contribution in [1.29, 1.82) is 0 Å². The van der Waals surface area contributed by atoms with Crippen LogP contribution in [0.15, 0.2) is 18.2 Å². The van der Waals surface area contributed by atoms with Gasteiger partial charge in [-0.3, -0.25) is 0 Å². The third-order valence-electron chi connectivity index (χ3n) is 3.16. The van der Waals surface area contributed by atoms with E-state index in [1.54, 1.807) is 0 Å². The number of aryl methyl sites for hydroxylation is 2. The van der Waals surface area contributed by atoms with E-state index in [4.69, 9.17) is 4.74 Å². The number of carbonyl (C=O) groups is 1. The summed E-state index contributed by atoms with van der Waals surface area (Å²) in [5.41, 5.74) is 2.72. The predicted molar refractivity (Wildman–Crippen MR) is 78.6 cm³/mol. The van der Waals surface area contributed by atoms with Gasteiger partial charge >= 0.3 is 5.97 Å². The molecule has 0 aliphatic rings. The van der Waals surface area contributed by atoms with E-state index >= 15 is 0 Å². The van der Waals surface area contributed by atoms with E-state index in [9.17, 15) is 4.79 Å². The molecule has 0 amide bonds. The van der Waals surface area contributed by atoms with Gasteiger partial charge in [0.15, 0.2) is 0 Å². The number of ether oxygens (including phenoxy) is 1. The molecule has 0 radical (unpaired) electrons. The van der Waals surface area contributed by atoms with Crippen molar-refractivity contribution < 1.29 is 9.53 Å². The van der Waals surface area contributed by atoms with E-state index in [1.165, 1.54) is 5.56 Å². The molecule has 0 aromatic heterocycles. The maximum Gasteiger partial charge on any atom is 0.338 e. The van der Waals surface area contributed by atoms with Crippen LogP contribution >= 0.6 is 0 Å². The molecule has 3 nitrogen and oxygen atoms in total. The van der Waals surface area contributed by atoms with Crippen molar-refractivity contribution in [1.82, 2.24) is 5.32 Å². The average Bonchev–Trinajstić information content (AvgIpc) is 2.37. The van der Waals surface area contributed by atoms with Crippen LogP contribution < -0.4 is 5.32 Å². The van der Waals surface area contributed by atoms with E-state index in [-0.39, 0.29) is 11.5 Å². The quantitative estimate of drug-likeness (QED) is 0.801. The third-order valence-corrected chi connectivity index (χ3v) is 3.16. The molecule has 0 saturated heterocycles. The summed E-state index contributed by atoms with van der Waals surface area (Å²) in [4.78, 5) is 12.0. The lowest BCUT2D eigenvalue weighted by atomic mass is 10.1. The first-order valence-electron chi connectivity index (χ1n) is 6.85. The number of hydrogen-bond donors (Lipinski definition) is 1. The Morgan fingerprint density at radius 2 is 1.95 bits per heavy atom. The largest absolute Gasteiger partial charge is 0.460 e. The van der Waals surface area contributed by atoms with Crippen LogP contribution in [0.3, 0.4) is 0 Å². The first-order valence-corrected chi connectivity index (χ1v) is 6.85. The van der Waals surface area contributed by atoms with E-state index in [2.05, 4.69) is 12.2 Å². The van der Waals surface area contributed by atoms with E-state index < -0.39 is 0 Å². The molecular weight excluding hydrogens is 238 g/mol. The molecule has 1 rings (SSSR count). The van der Waals surface area contributed by atoms with Crippen LogP contribution in [0.5, 0.6) is 0 Å². The molecule has 0 atom stereocenters. The molecule has 0 spiro atoms. The molecule has 0 aliphatic carbocycles. The van der Waals surface area contributed by atoms with Crippen molar-refractivity contribution in [2.45, 2.75) is 46.6 Å². The molecule has 19 heavy (non-hydrogen) atoms. The standard InChI is InChI=1S/C16H25NO2/c1-6-9-17-16(4,5)11-19-15(18)14-8-7-12(2)13(3)10-14/h7-8,10,17H,6,9,11H2,1-5H3. The Hall–Kier alpha value is -1.35. The Morgan fingerprint density at radius 3 is 2.53 bits per heavy atom. The number of nitrogens with one attached hydrogen (secondary N) is 1. The minimum Gasteiger partial charge on any atom is -0.460 e. The van der Waals surface area contributed by atoms with Crippen LogP contribution in [-0.4, -0.2) is 24.7 Å². The molecular formula is C16H25NO2. The smallest absolute Gasteiger partial charge is 0.338 e. The molecule has 3 heteroatoms. The zero-order valence-electron chi connectivity index (χ0n) is 12.7. The first kappa shape index (κ1) is 15.7. The lowest BCUT2D eigenvalue weighted by Crippen LogP contribution is -2.44. The minimum atomic E-state index is -0.255. The summed E-state index contributed by atoms with van der Waals surface area (Å²) in [6.07, 6.45) is 1.06. The summed E-state index contributed by atoms with van der Waals surface area (Å²) in [6, 6.07) is 5.65. The Kier molecular flexibility index (Phi) is 5.55. The monoisotopic (exact) mass is 263 g/mol. The molecule has 106 valence electrons. The number of benzene rings is 1. The SMILES string of the molecule is CCCNC(C)(C)COC(=O)c1ccc(C)c(C)c1. The van der Waals surface area contributed by atoms with Gasteiger partial charge in [0.05, 0.1) is 5.56 Å². The van der Waals surface area contributed by atoms with Crippen molar-refractivity contribution in [2.24, 2.45) is 0 Å². The number of esters is 1. The van der Waals surface area contributed by atoms with Gasteiger partial charge in [0, 0.05) is 5.54 Å². The minimum absolute atomic E-state index is 0.189. The average molecular weight is 263 g/mol. The Bertz CT molecular complexity index is 438. The lowest BCUT2D eigenvalue weighted by molar-refractivity contribution is 0.0401. The highest BCUT2D eigenvalue weighted by atomic mass is 16.5. The molecule has 0 bridgehead atoms. The van der Waals surface area contributed by atoms with Gasteiger partial charge in [0.1, 0.15) is 6.61 Å². The van der Waals surface area contributed by atoms with Crippen LogP contribution in [0, 0.1) is 13.8 Å². The molecule has 0 saturated carbocycles. The predicted octanol–water partition coefficient (Wildman–Crippen LogP) is 3.24. The van der Waals surface area contributed by atoms with Crippen LogP contribution in [0.1, 0.15) is 48.7 Å². The van der Waals surface area contributed by atoms with Gasteiger partial charge in [-0.15, -0.1) is 0 Å². The fourth-order valence-electron chi connectivity index (χ4n) is 1.71. The van der Waals surface area contributed by atoms with Crippen LogP contribution in [0.25, 0.3) is 0 Å². The Morgan fingerprint density at radius 1 is 1.26 bits per heavy atom. The Balaban J connectivity index is 2.57. The van der Waals surface area contributed by atoms with Gasteiger partial charge < -0.3 is 10.1 Å². The van der Waals surface area contributed by atoms with E-state index in [1.807, 2.05) is 45.9 Å². The van der Waals surface area contributed by atoms with Crippen molar-refractivity contribution in [3.63, 3.8) is 0 Å². The van der Waals surface area contributed by atoms with Gasteiger partial charge in [-0.05, 0) is 63.9 Å². The molecule has 1 aromatic carbocycles. The number of hydrogen-bond acceptors (Lipinski definition) is 3. The van der Waals surface area contributed by atoms with Crippen LogP contribution in [-0.2, 0) is 4.74 Å². The molecule has 1 aromatic rings. The summed E-state index contributed by atoms with van der Waals surface area (Å²) in [7, 11) is 0. The second-order valence-corrected chi connectivity index (χ2v) is 5.69. The van der Waals surface area contributed by atoms with Crippen molar-refractivity contribution in [2.75, 3.05) is 13.2 Å². The van der Waals surface area contributed by atoms with Crippen LogP contribution in [0.2, 0.25) is 0 Å². The fraction of sp³-hybridized carbons (Fsp3) is 0.562. The van der Waals surface area contributed by atoms with Gasteiger partial charge in [0.2, 0.25) is 0 Å². The third kappa shape index (κ3) is 5.03. The second kappa shape index (κ2) is 6.71. The Labute approximate surface area is 116 Å². The second-order valence-electron chi connectivity index (χ2n) is 5.69. The van der Waals surface area contributed by atoms with Gasteiger partial charge in [-0.1, -0.05) is 13.0 Å². The summed E-state index contributed by atoms with van der Waals surface area (Å²) < 4.78 is 5.38. The van der Waals surface area contributed by atoms with Crippen molar-refractivity contribution >= 4 is 5.97 Å². The molecule has 0 unspecified atom stereocenters. The summed E-state index contributed by atoms with van der Waals surface area (Å²) >= 11 is 0. The zero-order chi connectivity index (χ0) is 14.5. The normalized spacial score (nSPS) is 11.4. The zero-order valence-corrected chi connectivity index (χ0v) is 12.7. The summed E-state index contributed by atoms with van der Waals surface area (Å²) in [5, 5.41) is 3.36. The van der Waals surface area contributed by atoms with Gasteiger partial charge in [-0.2, -0.15) is 0 Å². The summed E-state index contributed by atoms with van der Waals surface area (Å²) in [5.74, 6) is -0.255. The number of carbonyl (C=O) groups excluding carboxylic acids is 1. The van der Waals surface area contributed by atoms with Crippen LogP contribution in [0.4, 0.5) is 0 Å². The highest BCUT2D eigenvalue weighted by molar-refractivity contribution is 5.89. The van der Waals surface area contributed by atoms with Gasteiger partial charge in [-0.25, -0.2) is 4.79 Å². The topological polar surface area (TPSA) is 38.3 Å². The maximum absolute atomic E-state index is 12.0. The first-order chi connectivity index (χ1) is 8.85.